The van der Waals surface area contributed by atoms with Crippen LogP contribution < -0.4 is 5.73 Å². The lowest BCUT2D eigenvalue weighted by molar-refractivity contribution is 0.100. The molecule has 4 nitrogen and oxygen atoms in total. The van der Waals surface area contributed by atoms with Crippen LogP contribution in [0.1, 0.15) is 51.6 Å². The van der Waals surface area contributed by atoms with Gasteiger partial charge in [-0.2, -0.15) is 5.10 Å². The van der Waals surface area contributed by atoms with Crippen LogP contribution in [0.2, 0.25) is 0 Å². The molecule has 0 fully saturated rings. The summed E-state index contributed by atoms with van der Waals surface area (Å²) in [6.07, 6.45) is 2.88. The van der Waals surface area contributed by atoms with Crippen LogP contribution in [0.25, 0.3) is 0 Å². The van der Waals surface area contributed by atoms with Crippen molar-refractivity contribution in [2.75, 3.05) is 13.2 Å². The van der Waals surface area contributed by atoms with E-state index in [0.717, 1.165) is 39.0 Å². The molecule has 1 unspecified atom stereocenters. The second-order valence-corrected chi connectivity index (χ2v) is 5.95. The van der Waals surface area contributed by atoms with Gasteiger partial charge < -0.3 is 10.5 Å². The van der Waals surface area contributed by atoms with E-state index in [-0.39, 0.29) is 6.04 Å². The number of aromatic nitrogens is 2. The van der Waals surface area contributed by atoms with Crippen molar-refractivity contribution in [3.8, 4) is 0 Å². The third kappa shape index (κ3) is 4.91. The van der Waals surface area contributed by atoms with E-state index in [0.29, 0.717) is 5.92 Å². The lowest BCUT2D eigenvalue weighted by Gasteiger charge is -2.11. The van der Waals surface area contributed by atoms with Gasteiger partial charge in [-0.15, -0.1) is 0 Å². The highest BCUT2D eigenvalue weighted by atomic mass is 16.5. The quantitative estimate of drug-likeness (QED) is 0.708. The van der Waals surface area contributed by atoms with Crippen molar-refractivity contribution in [2.45, 2.75) is 66.5 Å². The standard InChI is InChI=1S/C16H31N3O/c1-6-15-14(10-13(5)17)16(7-2)19(18-15)8-9-20-11-12(3)4/h12-13H,6-11,17H2,1-5H3. The molecule has 0 aliphatic carbocycles. The molecule has 116 valence electrons. The lowest BCUT2D eigenvalue weighted by Crippen LogP contribution is -2.19. The molecule has 0 saturated heterocycles. The van der Waals surface area contributed by atoms with Gasteiger partial charge in [-0.3, -0.25) is 4.68 Å². The monoisotopic (exact) mass is 281 g/mol. The zero-order valence-corrected chi connectivity index (χ0v) is 13.8. The molecule has 0 aliphatic rings. The van der Waals surface area contributed by atoms with Gasteiger partial charge in [0.15, 0.2) is 0 Å². The highest BCUT2D eigenvalue weighted by Gasteiger charge is 2.16. The predicted octanol–water partition coefficient (Wildman–Crippen LogP) is 2.57. The largest absolute Gasteiger partial charge is 0.379 e. The first kappa shape index (κ1) is 17.2. The van der Waals surface area contributed by atoms with E-state index in [2.05, 4.69) is 39.3 Å². The summed E-state index contributed by atoms with van der Waals surface area (Å²) >= 11 is 0. The summed E-state index contributed by atoms with van der Waals surface area (Å²) in [7, 11) is 0. The fraction of sp³-hybridized carbons (Fsp3) is 0.812. The Morgan fingerprint density at radius 2 is 1.90 bits per heavy atom. The Morgan fingerprint density at radius 1 is 1.20 bits per heavy atom. The molecule has 1 atom stereocenters. The van der Waals surface area contributed by atoms with Crippen LogP contribution in [-0.4, -0.2) is 29.0 Å². The molecule has 0 radical (unpaired) electrons. The minimum absolute atomic E-state index is 0.181. The van der Waals surface area contributed by atoms with Gasteiger partial charge in [-0.1, -0.05) is 27.7 Å². The average Bonchev–Trinajstić information content (AvgIpc) is 2.70. The van der Waals surface area contributed by atoms with E-state index >= 15 is 0 Å². The molecule has 0 aliphatic heterocycles. The molecule has 1 aromatic heterocycles. The van der Waals surface area contributed by atoms with Crippen molar-refractivity contribution in [3.05, 3.63) is 17.0 Å². The van der Waals surface area contributed by atoms with Gasteiger partial charge in [0.2, 0.25) is 0 Å². The number of hydrogen-bond donors (Lipinski definition) is 1. The smallest absolute Gasteiger partial charge is 0.0662 e. The molecule has 0 amide bonds. The molecular formula is C16H31N3O. The number of aryl methyl sites for hydroxylation is 1. The number of hydrogen-bond acceptors (Lipinski definition) is 3. The number of ether oxygens (including phenoxy) is 1. The Bertz CT molecular complexity index is 397. The second kappa shape index (κ2) is 8.42. The minimum atomic E-state index is 0.181. The SMILES string of the molecule is CCc1nn(CCOCC(C)C)c(CC)c1CC(C)N. The first-order valence-corrected chi connectivity index (χ1v) is 7.90. The summed E-state index contributed by atoms with van der Waals surface area (Å²) in [6.45, 7) is 13.1. The van der Waals surface area contributed by atoms with E-state index in [1.165, 1.54) is 17.0 Å². The molecule has 20 heavy (non-hydrogen) atoms. The molecule has 0 spiro atoms. The summed E-state index contributed by atoms with van der Waals surface area (Å²) in [5.74, 6) is 0.582. The summed E-state index contributed by atoms with van der Waals surface area (Å²) in [6, 6.07) is 0.181. The van der Waals surface area contributed by atoms with Gasteiger partial charge in [0.25, 0.3) is 0 Å². The van der Waals surface area contributed by atoms with E-state index in [1.54, 1.807) is 0 Å². The molecule has 2 N–H and O–H groups in total. The van der Waals surface area contributed by atoms with Crippen LogP contribution in [-0.2, 0) is 30.5 Å². The maximum Gasteiger partial charge on any atom is 0.0662 e. The summed E-state index contributed by atoms with van der Waals surface area (Å²) in [5, 5.41) is 4.75. The highest BCUT2D eigenvalue weighted by Crippen LogP contribution is 2.18. The highest BCUT2D eigenvalue weighted by molar-refractivity contribution is 5.27. The van der Waals surface area contributed by atoms with Crippen molar-refractivity contribution in [1.29, 1.82) is 0 Å². The van der Waals surface area contributed by atoms with Crippen molar-refractivity contribution < 1.29 is 4.74 Å². The maximum atomic E-state index is 5.97. The summed E-state index contributed by atoms with van der Waals surface area (Å²) in [5.41, 5.74) is 9.85. The average molecular weight is 281 g/mol. The first-order valence-electron chi connectivity index (χ1n) is 7.90. The lowest BCUT2D eigenvalue weighted by atomic mass is 10.0. The molecule has 4 heteroatoms. The summed E-state index contributed by atoms with van der Waals surface area (Å²) < 4.78 is 7.80. The number of nitrogens with zero attached hydrogens (tertiary/aromatic N) is 2. The van der Waals surface area contributed by atoms with E-state index < -0.39 is 0 Å². The van der Waals surface area contributed by atoms with Gasteiger partial charge in [-0.25, -0.2) is 0 Å². The fourth-order valence-electron chi connectivity index (χ4n) is 2.48. The Balaban J connectivity index is 2.77. The summed E-state index contributed by atoms with van der Waals surface area (Å²) in [4.78, 5) is 0. The van der Waals surface area contributed by atoms with Crippen molar-refractivity contribution in [2.24, 2.45) is 11.7 Å². The van der Waals surface area contributed by atoms with Crippen LogP contribution in [0.15, 0.2) is 0 Å². The minimum Gasteiger partial charge on any atom is -0.379 e. The van der Waals surface area contributed by atoms with Crippen molar-refractivity contribution in [1.82, 2.24) is 9.78 Å². The predicted molar refractivity (Wildman–Crippen MR) is 84.0 cm³/mol. The van der Waals surface area contributed by atoms with Gasteiger partial charge in [0.05, 0.1) is 18.8 Å². The topological polar surface area (TPSA) is 53.1 Å². The van der Waals surface area contributed by atoms with Crippen LogP contribution in [0.5, 0.6) is 0 Å². The molecule has 1 heterocycles. The Kier molecular flexibility index (Phi) is 7.24. The number of nitrogens with two attached hydrogens (primary N) is 1. The fourth-order valence-corrected chi connectivity index (χ4v) is 2.48. The zero-order chi connectivity index (χ0) is 15.1. The zero-order valence-electron chi connectivity index (χ0n) is 13.8. The van der Waals surface area contributed by atoms with Gasteiger partial charge in [0, 0.05) is 18.3 Å². The van der Waals surface area contributed by atoms with Gasteiger partial charge in [-0.05, 0) is 37.7 Å². The maximum absolute atomic E-state index is 5.97. The Morgan fingerprint density at radius 3 is 2.40 bits per heavy atom. The van der Waals surface area contributed by atoms with E-state index in [4.69, 9.17) is 15.6 Å². The third-order valence-corrected chi connectivity index (χ3v) is 3.34. The van der Waals surface area contributed by atoms with Crippen molar-refractivity contribution in [3.63, 3.8) is 0 Å². The Hall–Kier alpha value is -0.870. The normalized spacial score (nSPS) is 13.2. The van der Waals surface area contributed by atoms with Crippen LogP contribution in [0.4, 0.5) is 0 Å². The molecule has 1 rings (SSSR count). The second-order valence-electron chi connectivity index (χ2n) is 5.95. The van der Waals surface area contributed by atoms with Gasteiger partial charge >= 0.3 is 0 Å². The molecule has 1 aromatic rings. The Labute approximate surface area is 123 Å². The van der Waals surface area contributed by atoms with E-state index in [9.17, 15) is 0 Å². The van der Waals surface area contributed by atoms with Crippen LogP contribution >= 0.6 is 0 Å². The van der Waals surface area contributed by atoms with Gasteiger partial charge in [0.1, 0.15) is 0 Å². The first-order chi connectivity index (χ1) is 9.49. The molecule has 0 bridgehead atoms. The molecule has 0 aromatic carbocycles. The van der Waals surface area contributed by atoms with Crippen molar-refractivity contribution >= 4 is 0 Å². The number of rotatable bonds is 9. The third-order valence-electron chi connectivity index (χ3n) is 3.34. The van der Waals surface area contributed by atoms with Crippen LogP contribution in [0, 0.1) is 5.92 Å². The molecular weight excluding hydrogens is 250 g/mol. The molecule has 0 saturated carbocycles. The van der Waals surface area contributed by atoms with E-state index in [1.807, 2.05) is 0 Å². The van der Waals surface area contributed by atoms with Crippen LogP contribution in [0.3, 0.4) is 0 Å².